The quantitative estimate of drug-likeness (QED) is 0.770. The van der Waals surface area contributed by atoms with Gasteiger partial charge in [-0.3, -0.25) is 4.90 Å². The molecular formula is C18H17NO2. The van der Waals surface area contributed by atoms with Gasteiger partial charge in [-0.25, -0.2) is 4.79 Å². The van der Waals surface area contributed by atoms with E-state index in [2.05, 4.69) is 12.3 Å². The maximum atomic E-state index is 12.1. The molecule has 3 heteroatoms. The number of hydrogen-bond donors (Lipinski definition) is 0. The van der Waals surface area contributed by atoms with Gasteiger partial charge in [0.1, 0.15) is 6.61 Å². The topological polar surface area (TPSA) is 29.5 Å². The second-order valence-corrected chi connectivity index (χ2v) is 4.49. The summed E-state index contributed by atoms with van der Waals surface area (Å²) in [6.07, 6.45) is 1.08. The van der Waals surface area contributed by atoms with Crippen LogP contribution in [0.15, 0.2) is 79.2 Å². The van der Waals surface area contributed by atoms with Crippen molar-refractivity contribution in [2.75, 3.05) is 0 Å². The number of rotatable bonds is 5. The summed E-state index contributed by atoms with van der Waals surface area (Å²) in [6.45, 7) is 4.19. The van der Waals surface area contributed by atoms with E-state index in [1.54, 1.807) is 0 Å². The smallest absolute Gasteiger partial charge is 0.414 e. The van der Waals surface area contributed by atoms with Gasteiger partial charge in [-0.2, -0.15) is 0 Å². The van der Waals surface area contributed by atoms with E-state index in [-0.39, 0.29) is 6.61 Å². The zero-order valence-corrected chi connectivity index (χ0v) is 11.7. The number of carbonyl (C=O) groups excluding carboxylic acids is 1. The molecule has 0 saturated heterocycles. The van der Waals surface area contributed by atoms with Gasteiger partial charge in [0, 0.05) is 0 Å². The second kappa shape index (κ2) is 7.73. The van der Waals surface area contributed by atoms with Gasteiger partial charge in [-0.15, -0.1) is 5.73 Å². The van der Waals surface area contributed by atoms with E-state index in [1.165, 1.54) is 11.1 Å². The standard InChI is InChI=1S/C18H17NO2/c1-2-13-19(14-16-9-5-3-6-10-16)18(20)21-15-17-11-7-4-8-12-17/h3-13H,1,14-15H2. The molecule has 0 aliphatic heterocycles. The highest BCUT2D eigenvalue weighted by atomic mass is 16.6. The number of nitrogens with zero attached hydrogens (tertiary/aromatic N) is 1. The molecule has 3 nitrogen and oxygen atoms in total. The van der Waals surface area contributed by atoms with Crippen LogP contribution in [0.2, 0.25) is 0 Å². The summed E-state index contributed by atoms with van der Waals surface area (Å²) in [5, 5.41) is 0. The number of benzene rings is 2. The molecule has 0 heterocycles. The van der Waals surface area contributed by atoms with Crippen molar-refractivity contribution in [3.63, 3.8) is 0 Å². The van der Waals surface area contributed by atoms with Crippen molar-refractivity contribution in [1.82, 2.24) is 4.90 Å². The van der Waals surface area contributed by atoms with Gasteiger partial charge in [0.15, 0.2) is 0 Å². The Labute approximate surface area is 124 Å². The fourth-order valence-electron chi connectivity index (χ4n) is 1.86. The van der Waals surface area contributed by atoms with Crippen LogP contribution in [0, 0.1) is 0 Å². The van der Waals surface area contributed by atoms with Gasteiger partial charge >= 0.3 is 6.09 Å². The van der Waals surface area contributed by atoms with Crippen LogP contribution in [0.3, 0.4) is 0 Å². The van der Waals surface area contributed by atoms with Gasteiger partial charge in [-0.1, -0.05) is 67.2 Å². The van der Waals surface area contributed by atoms with E-state index in [0.717, 1.165) is 11.1 Å². The van der Waals surface area contributed by atoms with Crippen molar-refractivity contribution < 1.29 is 9.53 Å². The van der Waals surface area contributed by atoms with Gasteiger partial charge in [0.25, 0.3) is 0 Å². The van der Waals surface area contributed by atoms with Crippen molar-refractivity contribution in [2.24, 2.45) is 0 Å². The van der Waals surface area contributed by atoms with Crippen molar-refractivity contribution >= 4 is 6.09 Å². The molecule has 0 aliphatic rings. The zero-order valence-electron chi connectivity index (χ0n) is 11.7. The molecular weight excluding hydrogens is 262 g/mol. The molecule has 0 atom stereocenters. The fraction of sp³-hybridized carbons (Fsp3) is 0.111. The van der Waals surface area contributed by atoms with Crippen molar-refractivity contribution in [3.8, 4) is 0 Å². The lowest BCUT2D eigenvalue weighted by Gasteiger charge is -2.17. The highest BCUT2D eigenvalue weighted by molar-refractivity contribution is 5.68. The molecule has 0 aromatic heterocycles. The molecule has 0 N–H and O–H groups in total. The molecule has 0 unspecified atom stereocenters. The highest BCUT2D eigenvalue weighted by Crippen LogP contribution is 2.08. The molecule has 2 aromatic carbocycles. The molecule has 21 heavy (non-hydrogen) atoms. The van der Waals surface area contributed by atoms with E-state index in [0.29, 0.717) is 6.54 Å². The first kappa shape index (κ1) is 14.6. The summed E-state index contributed by atoms with van der Waals surface area (Å²) in [5.41, 5.74) is 4.58. The summed E-state index contributed by atoms with van der Waals surface area (Å²) >= 11 is 0. The molecule has 1 amide bonds. The largest absolute Gasteiger partial charge is 0.444 e. The number of carbonyl (C=O) groups is 1. The molecule has 0 bridgehead atoms. The van der Waals surface area contributed by atoms with Crippen LogP contribution in [0.25, 0.3) is 0 Å². The van der Waals surface area contributed by atoms with E-state index in [9.17, 15) is 4.79 Å². The van der Waals surface area contributed by atoms with Crippen molar-refractivity contribution in [1.29, 1.82) is 0 Å². The van der Waals surface area contributed by atoms with E-state index >= 15 is 0 Å². The second-order valence-electron chi connectivity index (χ2n) is 4.49. The predicted molar refractivity (Wildman–Crippen MR) is 82.3 cm³/mol. The number of amides is 1. The molecule has 2 rings (SSSR count). The minimum Gasteiger partial charge on any atom is -0.444 e. The van der Waals surface area contributed by atoms with Crippen LogP contribution in [0.5, 0.6) is 0 Å². The van der Waals surface area contributed by atoms with Gasteiger partial charge < -0.3 is 4.74 Å². The van der Waals surface area contributed by atoms with Gasteiger partial charge in [-0.05, 0) is 11.1 Å². The Balaban J connectivity index is 1.97. The third-order valence-corrected chi connectivity index (χ3v) is 2.88. The van der Waals surface area contributed by atoms with Crippen LogP contribution in [-0.4, -0.2) is 11.0 Å². The Bertz CT molecular complexity index is 616. The SMILES string of the molecule is C=C=CN(Cc1ccccc1)C(=O)OCc1ccccc1. The minimum absolute atomic E-state index is 0.246. The number of ether oxygens (including phenoxy) is 1. The molecule has 0 radical (unpaired) electrons. The molecule has 106 valence electrons. The lowest BCUT2D eigenvalue weighted by molar-refractivity contribution is 0.109. The Kier molecular flexibility index (Phi) is 5.39. The zero-order chi connectivity index (χ0) is 14.9. The summed E-state index contributed by atoms with van der Waals surface area (Å²) in [4.78, 5) is 13.6. The van der Waals surface area contributed by atoms with Gasteiger partial charge in [0.05, 0.1) is 12.7 Å². The van der Waals surface area contributed by atoms with Crippen LogP contribution < -0.4 is 0 Å². The first-order chi connectivity index (χ1) is 10.3. The minimum atomic E-state index is -0.418. The van der Waals surface area contributed by atoms with Crippen LogP contribution in [-0.2, 0) is 17.9 Å². The first-order valence-electron chi connectivity index (χ1n) is 6.67. The summed E-state index contributed by atoms with van der Waals surface area (Å²) in [5.74, 6) is 0. The van der Waals surface area contributed by atoms with E-state index < -0.39 is 6.09 Å². The Hall–Kier alpha value is -2.77. The van der Waals surface area contributed by atoms with Crippen molar-refractivity contribution in [2.45, 2.75) is 13.2 Å². The average Bonchev–Trinajstić information content (AvgIpc) is 2.54. The number of hydrogen-bond acceptors (Lipinski definition) is 2. The molecule has 0 aliphatic carbocycles. The lowest BCUT2D eigenvalue weighted by atomic mass is 10.2. The molecule has 0 saturated carbocycles. The Morgan fingerprint density at radius 2 is 1.62 bits per heavy atom. The average molecular weight is 279 g/mol. The van der Waals surface area contributed by atoms with E-state index in [1.807, 2.05) is 60.7 Å². The molecule has 0 fully saturated rings. The normalized spacial score (nSPS) is 9.52. The van der Waals surface area contributed by atoms with Crippen LogP contribution >= 0.6 is 0 Å². The predicted octanol–water partition coefficient (Wildman–Crippen LogP) is 4.12. The van der Waals surface area contributed by atoms with Crippen molar-refractivity contribution in [3.05, 3.63) is 90.3 Å². The summed E-state index contributed by atoms with van der Waals surface area (Å²) in [7, 11) is 0. The van der Waals surface area contributed by atoms with Crippen LogP contribution in [0.4, 0.5) is 4.79 Å². The first-order valence-corrected chi connectivity index (χ1v) is 6.67. The maximum absolute atomic E-state index is 12.1. The maximum Gasteiger partial charge on any atom is 0.414 e. The van der Waals surface area contributed by atoms with Gasteiger partial charge in [0.2, 0.25) is 0 Å². The molecule has 2 aromatic rings. The lowest BCUT2D eigenvalue weighted by Crippen LogP contribution is -2.25. The Morgan fingerprint density at radius 3 is 2.19 bits per heavy atom. The third kappa shape index (κ3) is 4.68. The summed E-state index contributed by atoms with van der Waals surface area (Å²) < 4.78 is 5.30. The highest BCUT2D eigenvalue weighted by Gasteiger charge is 2.12. The summed E-state index contributed by atoms with van der Waals surface area (Å²) in [6, 6.07) is 19.3. The Morgan fingerprint density at radius 1 is 1.05 bits per heavy atom. The monoisotopic (exact) mass is 279 g/mol. The van der Waals surface area contributed by atoms with Crippen LogP contribution in [0.1, 0.15) is 11.1 Å². The fourth-order valence-corrected chi connectivity index (χ4v) is 1.86. The third-order valence-electron chi connectivity index (χ3n) is 2.88. The van der Waals surface area contributed by atoms with E-state index in [4.69, 9.17) is 4.74 Å². The molecule has 0 spiro atoms.